The highest BCUT2D eigenvalue weighted by Gasteiger charge is 2.45. The molecule has 0 spiro atoms. The number of rotatable bonds is 4. The number of hydrogen-bond acceptors (Lipinski definition) is 10. The third kappa shape index (κ3) is 3.08. The monoisotopic (exact) mass is 370 g/mol. The van der Waals surface area contributed by atoms with Crippen molar-refractivity contribution in [3.05, 3.63) is 28.6 Å². The smallest absolute Gasteiger partial charge is 0.336 e. The van der Waals surface area contributed by atoms with Gasteiger partial charge in [0, 0.05) is 12.1 Å². The van der Waals surface area contributed by atoms with Crippen molar-refractivity contribution < 1.29 is 44.2 Å². The van der Waals surface area contributed by atoms with Gasteiger partial charge >= 0.3 is 5.63 Å². The molecule has 5 N–H and O–H groups in total. The lowest BCUT2D eigenvalue weighted by molar-refractivity contribution is -0.277. The van der Waals surface area contributed by atoms with Gasteiger partial charge < -0.3 is 44.2 Å². The predicted molar refractivity (Wildman–Crippen MR) is 85.1 cm³/mol. The maximum absolute atomic E-state index is 11.3. The summed E-state index contributed by atoms with van der Waals surface area (Å²) < 4.78 is 20.9. The first kappa shape index (κ1) is 18.4. The fourth-order valence-corrected chi connectivity index (χ4v) is 2.75. The zero-order chi connectivity index (χ0) is 19.0. The van der Waals surface area contributed by atoms with Crippen LogP contribution < -0.4 is 15.1 Å². The standard InChI is InChI=1S/C16H18O10/c1-23-14-6-2-3-10(19)24-8(6)4-7(18)15(14)26-16-13(22)12(21)11(20)9(5-17)25-16/h2-4,9,11-13,16-18,20-22H,5H2,1H3. The molecule has 1 aromatic heterocycles. The van der Waals surface area contributed by atoms with Gasteiger partial charge in [-0.05, 0) is 6.07 Å². The lowest BCUT2D eigenvalue weighted by atomic mass is 9.99. The minimum Gasteiger partial charge on any atom is -0.504 e. The lowest BCUT2D eigenvalue weighted by Gasteiger charge is -2.39. The third-order valence-corrected chi connectivity index (χ3v) is 4.10. The minimum atomic E-state index is -1.67. The molecular formula is C16H18O10. The van der Waals surface area contributed by atoms with Gasteiger partial charge in [-0.2, -0.15) is 0 Å². The van der Waals surface area contributed by atoms with E-state index in [2.05, 4.69) is 0 Å². The van der Waals surface area contributed by atoms with Crippen LogP contribution in [0.4, 0.5) is 0 Å². The Morgan fingerprint density at radius 3 is 2.50 bits per heavy atom. The van der Waals surface area contributed by atoms with Crippen LogP contribution in [0.15, 0.2) is 27.4 Å². The Labute approximate surface area is 146 Å². The van der Waals surface area contributed by atoms with Gasteiger partial charge in [-0.3, -0.25) is 0 Å². The Bertz CT molecular complexity index is 845. The number of phenols is 1. The van der Waals surface area contributed by atoms with E-state index in [1.165, 1.54) is 13.2 Å². The molecule has 10 heteroatoms. The highest BCUT2D eigenvalue weighted by Crippen LogP contribution is 2.43. The van der Waals surface area contributed by atoms with Crippen molar-refractivity contribution in [3.8, 4) is 17.2 Å². The van der Waals surface area contributed by atoms with E-state index in [1.54, 1.807) is 0 Å². The van der Waals surface area contributed by atoms with Crippen molar-refractivity contribution in [2.75, 3.05) is 13.7 Å². The Balaban J connectivity index is 2.01. The molecule has 5 atom stereocenters. The highest BCUT2D eigenvalue weighted by molar-refractivity contribution is 5.88. The van der Waals surface area contributed by atoms with Crippen LogP contribution in [-0.2, 0) is 4.74 Å². The van der Waals surface area contributed by atoms with Crippen LogP contribution in [0.5, 0.6) is 17.2 Å². The van der Waals surface area contributed by atoms with Crippen molar-refractivity contribution in [2.24, 2.45) is 0 Å². The first-order chi connectivity index (χ1) is 12.4. The summed E-state index contributed by atoms with van der Waals surface area (Å²) in [5, 5.41) is 49.4. The first-order valence-corrected chi connectivity index (χ1v) is 7.68. The second-order valence-corrected chi connectivity index (χ2v) is 5.74. The molecule has 142 valence electrons. The van der Waals surface area contributed by atoms with Gasteiger partial charge in [-0.25, -0.2) is 4.79 Å². The molecule has 26 heavy (non-hydrogen) atoms. The molecular weight excluding hydrogens is 352 g/mol. The molecule has 2 heterocycles. The van der Waals surface area contributed by atoms with Crippen molar-refractivity contribution in [2.45, 2.75) is 30.7 Å². The first-order valence-electron chi connectivity index (χ1n) is 7.68. The largest absolute Gasteiger partial charge is 0.504 e. The molecule has 5 unspecified atom stereocenters. The Kier molecular flexibility index (Phi) is 5.03. The van der Waals surface area contributed by atoms with E-state index in [-0.39, 0.29) is 17.1 Å². The van der Waals surface area contributed by atoms with Crippen molar-refractivity contribution in [1.82, 2.24) is 0 Å². The van der Waals surface area contributed by atoms with Crippen LogP contribution in [-0.4, -0.2) is 70.0 Å². The molecule has 3 rings (SSSR count). The third-order valence-electron chi connectivity index (χ3n) is 4.10. The van der Waals surface area contributed by atoms with Gasteiger partial charge in [0.15, 0.2) is 11.5 Å². The highest BCUT2D eigenvalue weighted by atomic mass is 16.7. The molecule has 1 aliphatic rings. The predicted octanol–water partition coefficient (Wildman–Crippen LogP) is -1.31. The fraction of sp³-hybridized carbons (Fsp3) is 0.438. The minimum absolute atomic E-state index is 0.000658. The maximum Gasteiger partial charge on any atom is 0.336 e. The average molecular weight is 370 g/mol. The molecule has 1 saturated heterocycles. The molecule has 1 fully saturated rings. The number of phenolic OH excluding ortho intramolecular Hbond substituents is 1. The van der Waals surface area contributed by atoms with Crippen LogP contribution in [0.1, 0.15) is 0 Å². The summed E-state index contributed by atoms with van der Waals surface area (Å²) in [6.45, 7) is -0.628. The number of aliphatic hydroxyl groups is 4. The number of benzene rings is 1. The Morgan fingerprint density at radius 2 is 1.85 bits per heavy atom. The number of hydrogen-bond donors (Lipinski definition) is 5. The quantitative estimate of drug-likeness (QED) is 0.409. The van der Waals surface area contributed by atoms with Crippen LogP contribution >= 0.6 is 0 Å². The van der Waals surface area contributed by atoms with Gasteiger partial charge in [0.2, 0.25) is 12.0 Å². The molecule has 0 radical (unpaired) electrons. The number of ether oxygens (including phenoxy) is 3. The Hall–Kier alpha value is -2.37. The van der Waals surface area contributed by atoms with Crippen LogP contribution in [0.3, 0.4) is 0 Å². The van der Waals surface area contributed by atoms with E-state index >= 15 is 0 Å². The SMILES string of the molecule is COc1c(OC2OC(CO)C(O)C(O)C2O)c(O)cc2oc(=O)ccc12. The van der Waals surface area contributed by atoms with E-state index in [4.69, 9.17) is 18.6 Å². The van der Waals surface area contributed by atoms with Crippen molar-refractivity contribution >= 4 is 11.0 Å². The van der Waals surface area contributed by atoms with Gasteiger partial charge in [0.25, 0.3) is 0 Å². The lowest BCUT2D eigenvalue weighted by Crippen LogP contribution is -2.60. The summed E-state index contributed by atoms with van der Waals surface area (Å²) >= 11 is 0. The molecule has 2 aromatic rings. The zero-order valence-electron chi connectivity index (χ0n) is 13.6. The topological polar surface area (TPSA) is 159 Å². The second kappa shape index (κ2) is 7.09. The fourth-order valence-electron chi connectivity index (χ4n) is 2.75. The van der Waals surface area contributed by atoms with Gasteiger partial charge in [-0.15, -0.1) is 0 Å². The number of aliphatic hydroxyl groups excluding tert-OH is 4. The van der Waals surface area contributed by atoms with Gasteiger partial charge in [-0.1, -0.05) is 0 Å². The summed E-state index contributed by atoms with van der Waals surface area (Å²) in [4.78, 5) is 11.3. The normalized spacial score (nSPS) is 28.9. The number of fused-ring (bicyclic) bond motifs is 1. The summed E-state index contributed by atoms with van der Waals surface area (Å²) in [6.07, 6.45) is -7.54. The van der Waals surface area contributed by atoms with Crippen molar-refractivity contribution in [3.63, 3.8) is 0 Å². The van der Waals surface area contributed by atoms with E-state index in [9.17, 15) is 30.3 Å². The maximum atomic E-state index is 11.3. The molecule has 0 amide bonds. The van der Waals surface area contributed by atoms with Crippen LogP contribution in [0.2, 0.25) is 0 Å². The molecule has 0 bridgehead atoms. The van der Waals surface area contributed by atoms with E-state index in [1.807, 2.05) is 0 Å². The second-order valence-electron chi connectivity index (χ2n) is 5.74. The Morgan fingerprint density at radius 1 is 1.12 bits per heavy atom. The molecule has 0 aliphatic carbocycles. The van der Waals surface area contributed by atoms with E-state index in [0.717, 1.165) is 12.1 Å². The van der Waals surface area contributed by atoms with Crippen LogP contribution in [0.25, 0.3) is 11.0 Å². The van der Waals surface area contributed by atoms with E-state index < -0.39 is 48.7 Å². The van der Waals surface area contributed by atoms with Crippen molar-refractivity contribution in [1.29, 1.82) is 0 Å². The molecule has 0 saturated carbocycles. The van der Waals surface area contributed by atoms with Gasteiger partial charge in [0.05, 0.1) is 19.1 Å². The van der Waals surface area contributed by atoms with E-state index in [0.29, 0.717) is 5.39 Å². The van der Waals surface area contributed by atoms with Gasteiger partial charge in [0.1, 0.15) is 30.0 Å². The van der Waals surface area contributed by atoms with Crippen LogP contribution in [0, 0.1) is 0 Å². The number of aromatic hydroxyl groups is 1. The summed E-state index contributed by atoms with van der Waals surface area (Å²) in [5.41, 5.74) is -0.574. The average Bonchev–Trinajstić information content (AvgIpc) is 2.62. The molecule has 1 aromatic carbocycles. The molecule has 10 nitrogen and oxygen atoms in total. The molecule has 1 aliphatic heterocycles. The summed E-state index contributed by atoms with van der Waals surface area (Å²) in [5.74, 6) is -0.709. The zero-order valence-corrected chi connectivity index (χ0v) is 13.6. The number of methoxy groups -OCH3 is 1. The summed E-state index contributed by atoms with van der Waals surface area (Å²) in [6, 6.07) is 3.68. The summed E-state index contributed by atoms with van der Waals surface area (Å²) in [7, 11) is 1.29.